The van der Waals surface area contributed by atoms with Gasteiger partial charge in [0.25, 0.3) is 0 Å². The molecule has 10 heteroatoms. The van der Waals surface area contributed by atoms with Gasteiger partial charge < -0.3 is 25.0 Å². The number of ether oxygens (including phenoxy) is 2. The lowest BCUT2D eigenvalue weighted by Crippen LogP contribution is -2.43. The monoisotopic (exact) mass is 434 g/mol. The Morgan fingerprint density at radius 2 is 1.71 bits per heavy atom. The van der Waals surface area contributed by atoms with E-state index in [1.54, 1.807) is 44.2 Å². The molecule has 0 spiro atoms. The van der Waals surface area contributed by atoms with Gasteiger partial charge in [-0.25, -0.2) is 9.59 Å². The summed E-state index contributed by atoms with van der Waals surface area (Å²) in [5.74, 6) is -3.76. The van der Waals surface area contributed by atoms with Crippen LogP contribution in [0.4, 0.5) is 0 Å². The van der Waals surface area contributed by atoms with Gasteiger partial charge in [-0.05, 0) is 20.3 Å². The van der Waals surface area contributed by atoms with Gasteiger partial charge in [0.15, 0.2) is 0 Å². The van der Waals surface area contributed by atoms with E-state index in [1.807, 2.05) is 0 Å². The highest BCUT2D eigenvalue weighted by Gasteiger charge is 2.23. The summed E-state index contributed by atoms with van der Waals surface area (Å²) in [6.45, 7) is 2.85. The third-order valence-corrected chi connectivity index (χ3v) is 3.81. The average Bonchev–Trinajstić information content (AvgIpc) is 2.74. The summed E-state index contributed by atoms with van der Waals surface area (Å²) >= 11 is 0. The normalized spacial score (nSPS) is 12.6. The van der Waals surface area contributed by atoms with Gasteiger partial charge in [0.1, 0.15) is 23.9 Å². The third kappa shape index (κ3) is 9.11. The summed E-state index contributed by atoms with van der Waals surface area (Å²) in [5, 5.41) is 21.6. The molecule has 1 aromatic rings. The van der Waals surface area contributed by atoms with E-state index in [9.17, 15) is 24.3 Å². The van der Waals surface area contributed by atoms with Crippen molar-refractivity contribution in [3.63, 3.8) is 0 Å². The lowest BCUT2D eigenvalue weighted by atomic mass is 10.1. The molecule has 0 unspecified atom stereocenters. The van der Waals surface area contributed by atoms with Gasteiger partial charge in [-0.15, -0.1) is 0 Å². The van der Waals surface area contributed by atoms with Crippen LogP contribution in [0, 0.1) is 0 Å². The van der Waals surface area contributed by atoms with Crippen molar-refractivity contribution in [1.82, 2.24) is 5.32 Å². The molecule has 0 radical (unpaired) electrons. The highest BCUT2D eigenvalue weighted by Crippen LogP contribution is 2.16. The minimum Gasteiger partial charge on any atom is -0.506 e. The smallest absolute Gasteiger partial charge is 0.343 e. The number of carboxylic acid groups (broad SMARTS) is 1. The zero-order valence-corrected chi connectivity index (χ0v) is 17.4. The van der Waals surface area contributed by atoms with Crippen LogP contribution in [0.2, 0.25) is 0 Å². The molecule has 0 aliphatic heterocycles. The van der Waals surface area contributed by atoms with E-state index in [-0.39, 0.29) is 37.4 Å². The van der Waals surface area contributed by atoms with E-state index < -0.39 is 36.4 Å². The van der Waals surface area contributed by atoms with E-state index >= 15 is 0 Å². The molecule has 1 rings (SSSR count). The Kier molecular flexibility index (Phi) is 11.1. The fourth-order valence-corrected chi connectivity index (χ4v) is 2.39. The van der Waals surface area contributed by atoms with Gasteiger partial charge in [-0.3, -0.25) is 14.6 Å². The van der Waals surface area contributed by atoms with Crippen LogP contribution in [0.5, 0.6) is 0 Å². The van der Waals surface area contributed by atoms with E-state index in [1.165, 1.54) is 0 Å². The number of carbonyl (C=O) groups excluding carboxylic acids is 3. The number of aliphatic carboxylic acids is 1. The maximum absolute atomic E-state index is 12.2. The number of carbonyl (C=O) groups is 4. The Hall–Kier alpha value is -3.69. The van der Waals surface area contributed by atoms with Crippen molar-refractivity contribution >= 4 is 35.8 Å². The second-order valence-electron chi connectivity index (χ2n) is 6.12. The van der Waals surface area contributed by atoms with Crippen molar-refractivity contribution in [2.24, 2.45) is 4.99 Å². The number of nitrogens with one attached hydrogen (secondary N) is 1. The summed E-state index contributed by atoms with van der Waals surface area (Å²) in [6, 6.07) is 7.11. The summed E-state index contributed by atoms with van der Waals surface area (Å²) in [7, 11) is 0. The minimum atomic E-state index is -1.14. The Morgan fingerprint density at radius 1 is 1.06 bits per heavy atom. The van der Waals surface area contributed by atoms with Gasteiger partial charge in [0.2, 0.25) is 5.91 Å². The Morgan fingerprint density at radius 3 is 2.29 bits per heavy atom. The number of aliphatic hydroxyl groups is 1. The first-order valence-corrected chi connectivity index (χ1v) is 9.63. The molecule has 0 bridgehead atoms. The van der Waals surface area contributed by atoms with Gasteiger partial charge >= 0.3 is 17.9 Å². The second kappa shape index (κ2) is 13.5. The largest absolute Gasteiger partial charge is 0.506 e. The van der Waals surface area contributed by atoms with E-state index in [2.05, 4.69) is 10.3 Å². The first kappa shape index (κ1) is 25.3. The van der Waals surface area contributed by atoms with Crippen molar-refractivity contribution in [2.45, 2.75) is 32.7 Å². The Balaban J connectivity index is 2.92. The van der Waals surface area contributed by atoms with Crippen LogP contribution in [0.15, 0.2) is 40.9 Å². The Bertz CT molecular complexity index is 833. The summed E-state index contributed by atoms with van der Waals surface area (Å²) in [4.78, 5) is 50.8. The molecule has 0 aliphatic carbocycles. The molecule has 0 saturated carbocycles. The third-order valence-electron chi connectivity index (χ3n) is 3.81. The summed E-state index contributed by atoms with van der Waals surface area (Å²) in [6.07, 6.45) is 0.524. The standard InChI is InChI=1S/C21H26N2O8/c1-3-30-20(28)15(19(27)14-8-6-5-7-9-14)12-22-13-17(24)23-16(10-11-18(25)26)21(29)31-4-2/h5-9,12,16,27H,3-4,10-11,13H2,1-2H3,(H,23,24)(H,25,26)/b19-15-,22-12?/t16-/m0/s1. The molecule has 1 amide bonds. The number of rotatable bonds is 12. The number of hydrogen-bond acceptors (Lipinski definition) is 8. The fraction of sp³-hybridized carbons (Fsp3) is 0.381. The maximum Gasteiger partial charge on any atom is 0.343 e. The van der Waals surface area contributed by atoms with Crippen molar-refractivity contribution < 1.29 is 38.9 Å². The second-order valence-corrected chi connectivity index (χ2v) is 6.12. The fourth-order valence-electron chi connectivity index (χ4n) is 2.39. The average molecular weight is 434 g/mol. The molecule has 1 aromatic carbocycles. The van der Waals surface area contributed by atoms with Crippen LogP contribution < -0.4 is 5.32 Å². The van der Waals surface area contributed by atoms with Gasteiger partial charge in [-0.2, -0.15) is 0 Å². The van der Waals surface area contributed by atoms with Crippen LogP contribution in [0.3, 0.4) is 0 Å². The molecule has 1 atom stereocenters. The number of aliphatic imine (C=N–C) groups is 1. The number of hydrogen-bond donors (Lipinski definition) is 3. The van der Waals surface area contributed by atoms with Crippen LogP contribution >= 0.6 is 0 Å². The SMILES string of the molecule is CCOC(=O)/C(C=NCC(=O)N[C@@H](CCC(=O)O)C(=O)OCC)=C(\O)c1ccccc1. The predicted molar refractivity (Wildman–Crippen MR) is 111 cm³/mol. The van der Waals surface area contributed by atoms with Crippen LogP contribution in [0.25, 0.3) is 5.76 Å². The number of nitrogens with zero attached hydrogens (tertiary/aromatic N) is 1. The lowest BCUT2D eigenvalue weighted by Gasteiger charge is -2.15. The number of aliphatic hydroxyl groups excluding tert-OH is 1. The molecular formula is C21H26N2O8. The molecule has 10 nitrogen and oxygen atoms in total. The van der Waals surface area contributed by atoms with Crippen molar-refractivity contribution in [1.29, 1.82) is 0 Å². The van der Waals surface area contributed by atoms with Crippen LogP contribution in [0.1, 0.15) is 32.3 Å². The molecule has 0 aliphatic rings. The van der Waals surface area contributed by atoms with Crippen molar-refractivity contribution in [3.05, 3.63) is 41.5 Å². The number of benzene rings is 1. The Labute approximate surface area is 179 Å². The highest BCUT2D eigenvalue weighted by molar-refractivity contribution is 6.15. The maximum atomic E-state index is 12.2. The molecule has 0 saturated heterocycles. The van der Waals surface area contributed by atoms with E-state index in [0.29, 0.717) is 5.56 Å². The predicted octanol–water partition coefficient (Wildman–Crippen LogP) is 1.50. The molecule has 31 heavy (non-hydrogen) atoms. The molecule has 0 heterocycles. The van der Waals surface area contributed by atoms with Gasteiger partial charge in [-0.1, -0.05) is 30.3 Å². The molecule has 3 N–H and O–H groups in total. The van der Waals surface area contributed by atoms with E-state index in [0.717, 1.165) is 6.21 Å². The quantitative estimate of drug-likeness (QED) is 0.194. The van der Waals surface area contributed by atoms with Gasteiger partial charge in [0.05, 0.1) is 13.2 Å². The zero-order chi connectivity index (χ0) is 23.2. The first-order chi connectivity index (χ1) is 14.8. The lowest BCUT2D eigenvalue weighted by molar-refractivity contribution is -0.148. The van der Waals surface area contributed by atoms with Gasteiger partial charge in [0, 0.05) is 18.2 Å². The molecule has 168 valence electrons. The van der Waals surface area contributed by atoms with Crippen LogP contribution in [-0.4, -0.2) is 66.0 Å². The molecule has 0 fully saturated rings. The first-order valence-electron chi connectivity index (χ1n) is 9.63. The zero-order valence-electron chi connectivity index (χ0n) is 17.4. The minimum absolute atomic E-state index is 0.0723. The number of esters is 2. The highest BCUT2D eigenvalue weighted by atomic mass is 16.5. The molecular weight excluding hydrogens is 408 g/mol. The topological polar surface area (TPSA) is 152 Å². The van der Waals surface area contributed by atoms with Crippen molar-refractivity contribution in [2.75, 3.05) is 19.8 Å². The van der Waals surface area contributed by atoms with Crippen LogP contribution in [-0.2, 0) is 28.7 Å². The number of amides is 1. The van der Waals surface area contributed by atoms with E-state index in [4.69, 9.17) is 14.6 Å². The molecule has 0 aromatic heterocycles. The summed E-state index contributed by atoms with van der Waals surface area (Å²) < 4.78 is 9.75. The van der Waals surface area contributed by atoms with Crippen molar-refractivity contribution in [3.8, 4) is 0 Å². The number of carboxylic acids is 1. The summed E-state index contributed by atoms with van der Waals surface area (Å²) in [5.41, 5.74) is 0.117.